The van der Waals surface area contributed by atoms with E-state index in [0.29, 0.717) is 13.2 Å². The first-order valence-electron chi connectivity index (χ1n) is 14.8. The third kappa shape index (κ3) is 10.8. The van der Waals surface area contributed by atoms with Crippen LogP contribution in [0.2, 0.25) is 18.1 Å². The quantitative estimate of drug-likeness (QED) is 0.130. The van der Waals surface area contributed by atoms with Crippen molar-refractivity contribution in [3.05, 3.63) is 77.9 Å². The number of hydrogen-bond acceptors (Lipinski definition) is 5. The highest BCUT2D eigenvalue weighted by molar-refractivity contribution is 6.74. The van der Waals surface area contributed by atoms with Crippen molar-refractivity contribution < 1.29 is 23.4 Å². The number of hydrogen-bond donors (Lipinski definition) is 0. The summed E-state index contributed by atoms with van der Waals surface area (Å²) in [6, 6.07) is 18.7. The molecule has 0 radical (unpaired) electrons. The number of rotatable bonds is 14. The van der Waals surface area contributed by atoms with Gasteiger partial charge in [-0.3, -0.25) is 0 Å². The van der Waals surface area contributed by atoms with Gasteiger partial charge in [0.1, 0.15) is 5.75 Å². The van der Waals surface area contributed by atoms with Crippen molar-refractivity contribution >= 4 is 8.32 Å². The van der Waals surface area contributed by atoms with E-state index in [-0.39, 0.29) is 23.4 Å². The molecule has 0 aromatic heterocycles. The Labute approximate surface area is 244 Å². The van der Waals surface area contributed by atoms with Crippen molar-refractivity contribution in [1.29, 1.82) is 0 Å². The number of benzene rings is 2. The van der Waals surface area contributed by atoms with Gasteiger partial charge in [0, 0.05) is 13.0 Å². The van der Waals surface area contributed by atoms with Crippen LogP contribution < -0.4 is 4.74 Å². The first-order valence-corrected chi connectivity index (χ1v) is 17.7. The minimum absolute atomic E-state index is 0.0125. The average molecular weight is 569 g/mol. The Morgan fingerprint density at radius 2 is 1.65 bits per heavy atom. The van der Waals surface area contributed by atoms with E-state index in [2.05, 4.69) is 76.3 Å². The molecule has 5 nitrogen and oxygen atoms in total. The molecule has 0 aliphatic carbocycles. The van der Waals surface area contributed by atoms with Crippen molar-refractivity contribution in [2.24, 2.45) is 0 Å². The Balaban J connectivity index is 1.56. The average Bonchev–Trinajstić information content (AvgIpc) is 2.89. The van der Waals surface area contributed by atoms with Gasteiger partial charge >= 0.3 is 0 Å². The molecule has 2 aromatic rings. The van der Waals surface area contributed by atoms with E-state index >= 15 is 0 Å². The highest BCUT2D eigenvalue weighted by atomic mass is 28.4. The van der Waals surface area contributed by atoms with Crippen LogP contribution in [0.15, 0.2) is 66.7 Å². The lowest BCUT2D eigenvalue weighted by Gasteiger charge is -2.41. The Hall–Kier alpha value is -1.96. The predicted molar refractivity (Wildman–Crippen MR) is 166 cm³/mol. The van der Waals surface area contributed by atoms with Gasteiger partial charge in [-0.25, -0.2) is 0 Å². The minimum Gasteiger partial charge on any atom is -0.497 e. The van der Waals surface area contributed by atoms with Gasteiger partial charge in [-0.05, 0) is 80.9 Å². The lowest BCUT2D eigenvalue weighted by molar-refractivity contribution is -0.299. The van der Waals surface area contributed by atoms with Crippen LogP contribution in [0.25, 0.3) is 0 Å². The SMILES string of the molecule is COc1ccc(COCC[C@H](/C=C/C[C@H]2C[C@H](CCc3ccccc3)OC(C)(C)O2)O[Si](C)(C)C(C)(C)C)cc1. The van der Waals surface area contributed by atoms with Gasteiger partial charge in [0.2, 0.25) is 0 Å². The maximum absolute atomic E-state index is 6.81. The van der Waals surface area contributed by atoms with E-state index < -0.39 is 14.1 Å². The second-order valence-electron chi connectivity index (χ2n) is 12.9. The van der Waals surface area contributed by atoms with E-state index in [1.54, 1.807) is 7.11 Å². The molecular formula is C34H52O5Si. The van der Waals surface area contributed by atoms with Gasteiger partial charge in [-0.2, -0.15) is 0 Å². The largest absolute Gasteiger partial charge is 0.497 e. The van der Waals surface area contributed by atoms with Crippen molar-refractivity contribution in [3.63, 3.8) is 0 Å². The summed E-state index contributed by atoms with van der Waals surface area (Å²) in [7, 11) is -0.260. The molecule has 2 aromatic carbocycles. The van der Waals surface area contributed by atoms with Crippen LogP contribution >= 0.6 is 0 Å². The maximum atomic E-state index is 6.81. The Bertz CT molecular complexity index is 1030. The van der Waals surface area contributed by atoms with Gasteiger partial charge < -0.3 is 23.4 Å². The zero-order valence-electron chi connectivity index (χ0n) is 26.1. The Morgan fingerprint density at radius 1 is 0.975 bits per heavy atom. The van der Waals surface area contributed by atoms with Gasteiger partial charge in [-0.15, -0.1) is 0 Å². The molecule has 6 heteroatoms. The molecule has 1 aliphatic heterocycles. The number of ether oxygens (including phenoxy) is 4. The van der Waals surface area contributed by atoms with Crippen LogP contribution in [-0.2, 0) is 31.7 Å². The van der Waals surface area contributed by atoms with Crippen molar-refractivity contribution in [2.45, 2.75) is 116 Å². The molecule has 1 aliphatic rings. The Morgan fingerprint density at radius 3 is 2.30 bits per heavy atom. The van der Waals surface area contributed by atoms with Crippen LogP contribution in [0.4, 0.5) is 0 Å². The van der Waals surface area contributed by atoms with Crippen LogP contribution in [0.1, 0.15) is 71.4 Å². The molecule has 222 valence electrons. The normalized spacial score (nSPS) is 20.5. The predicted octanol–water partition coefficient (Wildman–Crippen LogP) is 8.48. The molecule has 3 atom stereocenters. The molecule has 0 N–H and O–H groups in total. The van der Waals surface area contributed by atoms with Gasteiger partial charge in [0.15, 0.2) is 14.1 Å². The molecule has 0 unspecified atom stereocenters. The lowest BCUT2D eigenvalue weighted by Crippen LogP contribution is -2.44. The van der Waals surface area contributed by atoms with Crippen LogP contribution in [0, 0.1) is 0 Å². The second-order valence-corrected chi connectivity index (χ2v) is 17.7. The van der Waals surface area contributed by atoms with Gasteiger partial charge in [0.05, 0.1) is 32.0 Å². The highest BCUT2D eigenvalue weighted by Crippen LogP contribution is 2.38. The molecule has 0 spiro atoms. The molecule has 3 rings (SSSR count). The molecule has 1 saturated heterocycles. The first-order chi connectivity index (χ1) is 18.9. The molecule has 0 amide bonds. The summed E-state index contributed by atoms with van der Waals surface area (Å²) in [6.45, 7) is 16.8. The molecular weight excluding hydrogens is 516 g/mol. The van der Waals surface area contributed by atoms with Crippen molar-refractivity contribution in [3.8, 4) is 5.75 Å². The third-order valence-electron chi connectivity index (χ3n) is 8.00. The summed E-state index contributed by atoms with van der Waals surface area (Å²) in [4.78, 5) is 0. The van der Waals surface area contributed by atoms with Crippen molar-refractivity contribution in [1.82, 2.24) is 0 Å². The zero-order valence-corrected chi connectivity index (χ0v) is 27.1. The fraction of sp³-hybridized carbons (Fsp3) is 0.588. The van der Waals surface area contributed by atoms with Crippen LogP contribution in [0.3, 0.4) is 0 Å². The van der Waals surface area contributed by atoms with E-state index in [1.807, 2.05) is 38.1 Å². The number of methoxy groups -OCH3 is 1. The minimum atomic E-state index is -1.94. The standard InChI is InChI=1S/C34H52O5Si/c1-33(2,3)40(7,8)39-30(23-24-36-26-28-18-20-29(35-6)21-19-28)15-12-16-31-25-32(38-34(4,5)37-31)22-17-27-13-10-9-11-14-27/h9-15,18-21,30-32H,16-17,22-26H2,1-8H3/b15-12+/t30-,31-,32-/m0/s1. The number of aryl methyl sites for hydroxylation is 1. The molecule has 1 heterocycles. The van der Waals surface area contributed by atoms with E-state index in [9.17, 15) is 0 Å². The molecule has 0 saturated carbocycles. The van der Waals surface area contributed by atoms with Gasteiger partial charge in [0.25, 0.3) is 0 Å². The second kappa shape index (κ2) is 14.8. The lowest BCUT2D eigenvalue weighted by atomic mass is 9.99. The summed E-state index contributed by atoms with van der Waals surface area (Å²) in [5.74, 6) is 0.279. The summed E-state index contributed by atoms with van der Waals surface area (Å²) in [6.07, 6.45) is 9.40. The topological polar surface area (TPSA) is 46.2 Å². The molecule has 0 bridgehead atoms. The van der Waals surface area contributed by atoms with Gasteiger partial charge in [-0.1, -0.05) is 75.4 Å². The summed E-state index contributed by atoms with van der Waals surface area (Å²) >= 11 is 0. The fourth-order valence-corrected chi connectivity index (χ4v) is 6.06. The Kier molecular flexibility index (Phi) is 12.0. The molecule has 40 heavy (non-hydrogen) atoms. The monoisotopic (exact) mass is 568 g/mol. The first kappa shape index (κ1) is 32.6. The smallest absolute Gasteiger partial charge is 0.192 e. The summed E-state index contributed by atoms with van der Waals surface area (Å²) < 4.78 is 30.7. The summed E-state index contributed by atoms with van der Waals surface area (Å²) in [5, 5.41) is 0.142. The maximum Gasteiger partial charge on any atom is 0.192 e. The fourth-order valence-electron chi connectivity index (χ4n) is 4.76. The van der Waals surface area contributed by atoms with Crippen molar-refractivity contribution in [2.75, 3.05) is 13.7 Å². The zero-order chi connectivity index (χ0) is 29.2. The third-order valence-corrected chi connectivity index (χ3v) is 12.5. The summed E-state index contributed by atoms with van der Waals surface area (Å²) in [5.41, 5.74) is 2.49. The highest BCUT2D eigenvalue weighted by Gasteiger charge is 2.39. The van der Waals surface area contributed by atoms with E-state index in [1.165, 1.54) is 5.56 Å². The van der Waals surface area contributed by atoms with E-state index in [4.69, 9.17) is 23.4 Å². The van der Waals surface area contributed by atoms with E-state index in [0.717, 1.165) is 43.4 Å². The van der Waals surface area contributed by atoms with Crippen LogP contribution in [0.5, 0.6) is 5.75 Å². The van der Waals surface area contributed by atoms with Crippen LogP contribution in [-0.4, -0.2) is 46.1 Å². The molecule has 1 fully saturated rings.